The van der Waals surface area contributed by atoms with E-state index in [-0.39, 0.29) is 12.5 Å². The van der Waals surface area contributed by atoms with Crippen molar-refractivity contribution < 1.29 is 19.1 Å². The van der Waals surface area contributed by atoms with Gasteiger partial charge in [0.1, 0.15) is 12.6 Å². The van der Waals surface area contributed by atoms with E-state index in [0.29, 0.717) is 6.42 Å². The summed E-state index contributed by atoms with van der Waals surface area (Å²) < 4.78 is 9.09. The smallest absolute Gasteiger partial charge is 0.328 e. The summed E-state index contributed by atoms with van der Waals surface area (Å²) >= 11 is 0. The predicted molar refractivity (Wildman–Crippen MR) is 46.1 cm³/mol. The molecular formula is C8H15NO4. The number of ether oxygens (including phenoxy) is 2. The van der Waals surface area contributed by atoms with E-state index >= 15 is 0 Å². The first kappa shape index (κ1) is 11.9. The lowest BCUT2D eigenvalue weighted by Crippen LogP contribution is -2.42. The third-order valence-electron chi connectivity index (χ3n) is 1.50. The van der Waals surface area contributed by atoms with E-state index in [9.17, 15) is 9.59 Å². The molecule has 0 aliphatic carbocycles. The molecule has 0 aromatic rings. The number of hydrogen-bond acceptors (Lipinski definition) is 4. The molecule has 0 fully saturated rings. The van der Waals surface area contributed by atoms with E-state index in [4.69, 9.17) is 0 Å². The fourth-order valence-corrected chi connectivity index (χ4v) is 0.837. The lowest BCUT2D eigenvalue weighted by atomic mass is 10.2. The second kappa shape index (κ2) is 6.42. The molecule has 0 saturated carbocycles. The quantitative estimate of drug-likeness (QED) is 0.603. The maximum absolute atomic E-state index is 11.0. The van der Waals surface area contributed by atoms with E-state index in [1.807, 2.05) is 0 Å². The monoisotopic (exact) mass is 189 g/mol. The molecule has 0 aliphatic rings. The van der Waals surface area contributed by atoms with E-state index < -0.39 is 12.0 Å². The predicted octanol–water partition coefficient (Wildman–Crippen LogP) is -0.299. The van der Waals surface area contributed by atoms with Gasteiger partial charge in [-0.2, -0.15) is 0 Å². The van der Waals surface area contributed by atoms with Gasteiger partial charge in [-0.1, -0.05) is 6.92 Å². The van der Waals surface area contributed by atoms with Gasteiger partial charge in [0.15, 0.2) is 0 Å². The third kappa shape index (κ3) is 4.47. The van der Waals surface area contributed by atoms with Crippen molar-refractivity contribution in [1.29, 1.82) is 0 Å². The van der Waals surface area contributed by atoms with Gasteiger partial charge in [0.2, 0.25) is 5.91 Å². The minimum Gasteiger partial charge on any atom is -0.467 e. The normalized spacial score (nSPS) is 11.9. The highest BCUT2D eigenvalue weighted by atomic mass is 16.5. The summed E-state index contributed by atoms with van der Waals surface area (Å²) in [6, 6.07) is -0.576. The molecule has 0 rings (SSSR count). The van der Waals surface area contributed by atoms with Crippen LogP contribution in [0.1, 0.15) is 13.3 Å². The molecule has 0 spiro atoms. The SMILES string of the molecule is CCC(NC(=O)COC)C(=O)OC. The Hall–Kier alpha value is -1.10. The van der Waals surface area contributed by atoms with Crippen molar-refractivity contribution in [3.05, 3.63) is 0 Å². The number of rotatable bonds is 5. The fraction of sp³-hybridized carbons (Fsp3) is 0.750. The van der Waals surface area contributed by atoms with E-state index in [0.717, 1.165) is 0 Å². The standard InChI is InChI=1S/C8H15NO4/c1-4-6(8(11)13-3)9-7(10)5-12-2/h6H,4-5H2,1-3H3,(H,9,10). The fourth-order valence-electron chi connectivity index (χ4n) is 0.837. The van der Waals surface area contributed by atoms with Crippen molar-refractivity contribution in [2.75, 3.05) is 20.8 Å². The van der Waals surface area contributed by atoms with Crippen LogP contribution in [0.4, 0.5) is 0 Å². The van der Waals surface area contributed by atoms with Crippen LogP contribution >= 0.6 is 0 Å². The van der Waals surface area contributed by atoms with E-state index in [2.05, 4.69) is 14.8 Å². The van der Waals surface area contributed by atoms with Crippen molar-refractivity contribution in [1.82, 2.24) is 5.32 Å². The second-order valence-corrected chi connectivity index (χ2v) is 2.48. The van der Waals surface area contributed by atoms with Gasteiger partial charge in [-0.25, -0.2) is 4.79 Å². The number of esters is 1. The van der Waals surface area contributed by atoms with Crippen molar-refractivity contribution >= 4 is 11.9 Å². The number of carbonyl (C=O) groups is 2. The van der Waals surface area contributed by atoms with Crippen LogP contribution in [0.3, 0.4) is 0 Å². The zero-order chi connectivity index (χ0) is 10.3. The Bertz CT molecular complexity index is 181. The van der Waals surface area contributed by atoms with E-state index in [1.54, 1.807) is 6.92 Å². The minimum absolute atomic E-state index is 0.0481. The molecule has 1 amide bonds. The minimum atomic E-state index is -0.576. The lowest BCUT2D eigenvalue weighted by molar-refractivity contribution is -0.145. The highest BCUT2D eigenvalue weighted by molar-refractivity contribution is 5.84. The largest absolute Gasteiger partial charge is 0.467 e. The molecule has 5 nitrogen and oxygen atoms in total. The van der Waals surface area contributed by atoms with Crippen LogP contribution in [-0.2, 0) is 19.1 Å². The molecule has 0 radical (unpaired) electrons. The molecule has 76 valence electrons. The van der Waals surface area contributed by atoms with Gasteiger partial charge < -0.3 is 14.8 Å². The summed E-state index contributed by atoms with van der Waals surface area (Å²) in [6.07, 6.45) is 0.502. The van der Waals surface area contributed by atoms with Crippen LogP contribution < -0.4 is 5.32 Å². The Morgan fingerprint density at radius 2 is 2.00 bits per heavy atom. The maximum Gasteiger partial charge on any atom is 0.328 e. The van der Waals surface area contributed by atoms with Crippen LogP contribution in [0.25, 0.3) is 0 Å². The second-order valence-electron chi connectivity index (χ2n) is 2.48. The van der Waals surface area contributed by atoms with Gasteiger partial charge >= 0.3 is 5.97 Å². The summed E-state index contributed by atoms with van der Waals surface area (Å²) in [5, 5.41) is 2.48. The molecule has 1 unspecified atom stereocenters. The maximum atomic E-state index is 11.0. The average Bonchev–Trinajstić information content (AvgIpc) is 2.13. The van der Waals surface area contributed by atoms with Crippen LogP contribution in [0, 0.1) is 0 Å². The van der Waals surface area contributed by atoms with Crippen LogP contribution in [0.2, 0.25) is 0 Å². The number of amides is 1. The van der Waals surface area contributed by atoms with Crippen molar-refractivity contribution in [2.24, 2.45) is 0 Å². The molecule has 0 aromatic heterocycles. The summed E-state index contributed by atoms with van der Waals surface area (Å²) in [4.78, 5) is 22.0. The lowest BCUT2D eigenvalue weighted by Gasteiger charge is -2.13. The van der Waals surface area contributed by atoms with Crippen molar-refractivity contribution in [2.45, 2.75) is 19.4 Å². The zero-order valence-corrected chi connectivity index (χ0v) is 8.12. The van der Waals surface area contributed by atoms with Crippen LogP contribution in [0.5, 0.6) is 0 Å². The molecular weight excluding hydrogens is 174 g/mol. The first-order chi connectivity index (χ1) is 6.15. The molecule has 0 saturated heterocycles. The molecule has 1 atom stereocenters. The molecule has 13 heavy (non-hydrogen) atoms. The number of hydrogen-bond donors (Lipinski definition) is 1. The molecule has 0 heterocycles. The Kier molecular flexibility index (Phi) is 5.88. The molecule has 5 heteroatoms. The number of nitrogens with one attached hydrogen (secondary N) is 1. The number of carbonyl (C=O) groups excluding carboxylic acids is 2. The van der Waals surface area contributed by atoms with Crippen LogP contribution in [0.15, 0.2) is 0 Å². The first-order valence-corrected chi connectivity index (χ1v) is 4.01. The Balaban J connectivity index is 3.97. The molecule has 0 bridgehead atoms. The van der Waals surface area contributed by atoms with Gasteiger partial charge in [-0.3, -0.25) is 4.79 Å². The molecule has 0 aromatic carbocycles. The topological polar surface area (TPSA) is 64.6 Å². The van der Waals surface area contributed by atoms with Gasteiger partial charge in [-0.15, -0.1) is 0 Å². The van der Waals surface area contributed by atoms with Gasteiger partial charge in [0.05, 0.1) is 7.11 Å². The van der Waals surface area contributed by atoms with Gasteiger partial charge in [0, 0.05) is 7.11 Å². The number of methoxy groups -OCH3 is 2. The molecule has 0 aliphatic heterocycles. The highest BCUT2D eigenvalue weighted by Gasteiger charge is 2.18. The van der Waals surface area contributed by atoms with Gasteiger partial charge in [-0.05, 0) is 6.42 Å². The summed E-state index contributed by atoms with van der Waals surface area (Å²) in [5.74, 6) is -0.758. The Morgan fingerprint density at radius 1 is 1.38 bits per heavy atom. The van der Waals surface area contributed by atoms with E-state index in [1.165, 1.54) is 14.2 Å². The summed E-state index contributed by atoms with van der Waals surface area (Å²) in [6.45, 7) is 1.74. The average molecular weight is 189 g/mol. The summed E-state index contributed by atoms with van der Waals surface area (Å²) in [7, 11) is 2.70. The van der Waals surface area contributed by atoms with Crippen LogP contribution in [-0.4, -0.2) is 38.7 Å². The molecule has 1 N–H and O–H groups in total. The van der Waals surface area contributed by atoms with Crippen molar-refractivity contribution in [3.8, 4) is 0 Å². The van der Waals surface area contributed by atoms with Gasteiger partial charge in [0.25, 0.3) is 0 Å². The zero-order valence-electron chi connectivity index (χ0n) is 8.12. The summed E-state index contributed by atoms with van der Waals surface area (Å²) in [5.41, 5.74) is 0. The third-order valence-corrected chi connectivity index (χ3v) is 1.50. The first-order valence-electron chi connectivity index (χ1n) is 4.01. The highest BCUT2D eigenvalue weighted by Crippen LogP contribution is 1.93. The Morgan fingerprint density at radius 3 is 2.38 bits per heavy atom. The Labute approximate surface area is 77.4 Å². The van der Waals surface area contributed by atoms with Crippen molar-refractivity contribution in [3.63, 3.8) is 0 Å².